The molecule has 3 heteroatoms. The normalized spacial score (nSPS) is 19.6. The highest BCUT2D eigenvalue weighted by molar-refractivity contribution is 7.80. The van der Waals surface area contributed by atoms with Gasteiger partial charge < -0.3 is 4.90 Å². The number of amides is 1. The second-order valence-corrected chi connectivity index (χ2v) is 5.15. The highest BCUT2D eigenvalue weighted by Gasteiger charge is 2.26. The fraction of sp³-hybridized carbons (Fsp3) is 0.500. The van der Waals surface area contributed by atoms with Gasteiger partial charge in [-0.15, -0.1) is 12.6 Å². The van der Waals surface area contributed by atoms with Gasteiger partial charge in [-0.25, -0.2) is 0 Å². The minimum atomic E-state index is 0.265. The number of benzene rings is 1. The Morgan fingerprint density at radius 1 is 1.41 bits per heavy atom. The number of carbonyl (C=O) groups excluding carboxylic acids is 1. The van der Waals surface area contributed by atoms with Gasteiger partial charge in [-0.2, -0.15) is 0 Å². The summed E-state index contributed by atoms with van der Waals surface area (Å²) in [7, 11) is 0. The second-order valence-electron chi connectivity index (χ2n) is 4.63. The van der Waals surface area contributed by atoms with Crippen LogP contribution in [0.25, 0.3) is 0 Å². The molecule has 1 aromatic carbocycles. The Hall–Kier alpha value is -0.960. The van der Waals surface area contributed by atoms with E-state index >= 15 is 0 Å². The van der Waals surface area contributed by atoms with Gasteiger partial charge in [0.25, 0.3) is 0 Å². The summed E-state index contributed by atoms with van der Waals surface area (Å²) in [4.78, 5) is 15.2. The molecule has 17 heavy (non-hydrogen) atoms. The van der Waals surface area contributed by atoms with Gasteiger partial charge in [-0.05, 0) is 37.0 Å². The minimum Gasteiger partial charge on any atom is -0.339 e. The number of hydrogen-bond acceptors (Lipinski definition) is 2. The van der Waals surface area contributed by atoms with Gasteiger partial charge in [0, 0.05) is 17.5 Å². The van der Waals surface area contributed by atoms with Crippen molar-refractivity contribution >= 4 is 18.5 Å². The predicted molar refractivity (Wildman–Crippen MR) is 72.4 cm³/mol. The summed E-state index contributed by atoms with van der Waals surface area (Å²) in [5.41, 5.74) is 1.08. The average molecular weight is 249 g/mol. The van der Waals surface area contributed by atoms with Gasteiger partial charge in [0.2, 0.25) is 5.91 Å². The van der Waals surface area contributed by atoms with E-state index < -0.39 is 0 Å². The average Bonchev–Trinajstić information content (AvgIpc) is 2.80. The molecular formula is C14H19NOS. The van der Waals surface area contributed by atoms with Crippen LogP contribution in [0.15, 0.2) is 29.2 Å². The van der Waals surface area contributed by atoms with Crippen LogP contribution in [0.2, 0.25) is 0 Å². The van der Waals surface area contributed by atoms with Crippen LogP contribution in [-0.4, -0.2) is 23.4 Å². The number of hydrogen-bond donors (Lipinski definition) is 1. The topological polar surface area (TPSA) is 20.3 Å². The third-order valence-electron chi connectivity index (χ3n) is 3.46. The van der Waals surface area contributed by atoms with Crippen LogP contribution in [0.1, 0.15) is 31.7 Å². The summed E-state index contributed by atoms with van der Waals surface area (Å²) >= 11 is 4.24. The third-order valence-corrected chi connectivity index (χ3v) is 3.76. The lowest BCUT2D eigenvalue weighted by Gasteiger charge is -2.23. The summed E-state index contributed by atoms with van der Waals surface area (Å²) < 4.78 is 0. The maximum Gasteiger partial charge on any atom is 0.227 e. The summed E-state index contributed by atoms with van der Waals surface area (Å²) in [5, 5.41) is 0. The Kier molecular flexibility index (Phi) is 4.11. The molecule has 0 spiro atoms. The van der Waals surface area contributed by atoms with Crippen LogP contribution in [0.3, 0.4) is 0 Å². The van der Waals surface area contributed by atoms with Crippen molar-refractivity contribution in [2.75, 3.05) is 6.54 Å². The van der Waals surface area contributed by atoms with E-state index in [9.17, 15) is 4.79 Å². The van der Waals surface area contributed by atoms with E-state index in [0.29, 0.717) is 12.5 Å². The Morgan fingerprint density at radius 3 is 2.76 bits per heavy atom. The van der Waals surface area contributed by atoms with Gasteiger partial charge in [0.05, 0.1) is 6.42 Å². The summed E-state index contributed by atoms with van der Waals surface area (Å²) in [6, 6.07) is 8.31. The van der Waals surface area contributed by atoms with Crippen molar-refractivity contribution in [2.24, 2.45) is 0 Å². The highest BCUT2D eigenvalue weighted by Crippen LogP contribution is 2.21. The zero-order valence-electron chi connectivity index (χ0n) is 10.2. The zero-order valence-corrected chi connectivity index (χ0v) is 11.1. The maximum atomic E-state index is 12.2. The summed E-state index contributed by atoms with van der Waals surface area (Å²) in [6.07, 6.45) is 3.91. The van der Waals surface area contributed by atoms with Crippen molar-refractivity contribution in [2.45, 2.75) is 43.5 Å². The lowest BCUT2D eigenvalue weighted by atomic mass is 10.1. The summed E-state index contributed by atoms with van der Waals surface area (Å²) in [5.74, 6) is 0.265. The lowest BCUT2D eigenvalue weighted by molar-refractivity contribution is -0.131. The number of thiol groups is 1. The number of nitrogens with zero attached hydrogens (tertiary/aromatic N) is 1. The molecule has 1 aliphatic rings. The molecule has 1 unspecified atom stereocenters. The Balaban J connectivity index is 1.99. The molecular weight excluding hydrogens is 230 g/mol. The SMILES string of the molecule is CCC1CCCN1C(=O)Cc1ccc(S)cc1. The van der Waals surface area contributed by atoms with E-state index in [1.807, 2.05) is 24.3 Å². The number of rotatable bonds is 3. The second kappa shape index (κ2) is 5.58. The molecule has 2 rings (SSSR count). The smallest absolute Gasteiger partial charge is 0.227 e. The lowest BCUT2D eigenvalue weighted by Crippen LogP contribution is -2.36. The van der Waals surface area contributed by atoms with Gasteiger partial charge in [0.15, 0.2) is 0 Å². The molecule has 2 nitrogen and oxygen atoms in total. The van der Waals surface area contributed by atoms with Crippen molar-refractivity contribution in [1.29, 1.82) is 0 Å². The molecule has 0 aliphatic carbocycles. The van der Waals surface area contributed by atoms with Crippen LogP contribution in [-0.2, 0) is 11.2 Å². The van der Waals surface area contributed by atoms with E-state index in [1.54, 1.807) is 0 Å². The van der Waals surface area contributed by atoms with E-state index in [4.69, 9.17) is 0 Å². The Morgan fingerprint density at radius 2 is 2.12 bits per heavy atom. The molecule has 1 amide bonds. The largest absolute Gasteiger partial charge is 0.339 e. The highest BCUT2D eigenvalue weighted by atomic mass is 32.1. The van der Waals surface area contributed by atoms with Gasteiger partial charge in [-0.3, -0.25) is 4.79 Å². The van der Waals surface area contributed by atoms with Gasteiger partial charge >= 0.3 is 0 Å². The van der Waals surface area contributed by atoms with E-state index in [1.165, 1.54) is 0 Å². The van der Waals surface area contributed by atoms with Crippen LogP contribution in [0.4, 0.5) is 0 Å². The van der Waals surface area contributed by atoms with Crippen molar-refractivity contribution < 1.29 is 4.79 Å². The molecule has 0 radical (unpaired) electrons. The monoisotopic (exact) mass is 249 g/mol. The third kappa shape index (κ3) is 3.03. The number of carbonyl (C=O) groups is 1. The maximum absolute atomic E-state index is 12.2. The quantitative estimate of drug-likeness (QED) is 0.817. The fourth-order valence-corrected chi connectivity index (χ4v) is 2.63. The molecule has 1 heterocycles. The van der Waals surface area contributed by atoms with Crippen molar-refractivity contribution in [3.05, 3.63) is 29.8 Å². The van der Waals surface area contributed by atoms with Crippen LogP contribution in [0.5, 0.6) is 0 Å². The molecule has 92 valence electrons. The Bertz CT molecular complexity index is 388. The van der Waals surface area contributed by atoms with Crippen LogP contribution in [0, 0.1) is 0 Å². The molecule has 0 aromatic heterocycles. The van der Waals surface area contributed by atoms with Crippen molar-refractivity contribution in [3.8, 4) is 0 Å². The standard InChI is InChI=1S/C14H19NOS/c1-2-12-4-3-9-15(12)14(16)10-11-5-7-13(17)8-6-11/h5-8,12,17H,2-4,9-10H2,1H3. The number of likely N-dealkylation sites (tertiary alicyclic amines) is 1. The van der Waals surface area contributed by atoms with E-state index in [0.717, 1.165) is 36.3 Å². The first-order chi connectivity index (χ1) is 8.20. The molecule has 1 aliphatic heterocycles. The molecule has 0 bridgehead atoms. The van der Waals surface area contributed by atoms with Crippen LogP contribution < -0.4 is 0 Å². The van der Waals surface area contributed by atoms with Crippen molar-refractivity contribution in [1.82, 2.24) is 4.90 Å². The molecule has 0 N–H and O–H groups in total. The zero-order chi connectivity index (χ0) is 12.3. The molecule has 1 fully saturated rings. The van der Waals surface area contributed by atoms with E-state index in [-0.39, 0.29) is 5.91 Å². The predicted octanol–water partition coefficient (Wildman–Crippen LogP) is 2.92. The molecule has 0 saturated carbocycles. The first-order valence-electron chi connectivity index (χ1n) is 6.28. The fourth-order valence-electron chi connectivity index (χ4n) is 2.48. The molecule has 1 saturated heterocycles. The van der Waals surface area contributed by atoms with Crippen LogP contribution >= 0.6 is 12.6 Å². The molecule has 1 atom stereocenters. The minimum absolute atomic E-state index is 0.265. The van der Waals surface area contributed by atoms with Gasteiger partial charge in [-0.1, -0.05) is 19.1 Å². The van der Waals surface area contributed by atoms with Gasteiger partial charge in [0.1, 0.15) is 0 Å². The Labute approximate surface area is 108 Å². The first-order valence-corrected chi connectivity index (χ1v) is 6.73. The molecule has 1 aromatic rings. The first kappa shape index (κ1) is 12.5. The van der Waals surface area contributed by atoms with Crippen molar-refractivity contribution in [3.63, 3.8) is 0 Å². The van der Waals surface area contributed by atoms with E-state index in [2.05, 4.69) is 24.5 Å². The summed E-state index contributed by atoms with van der Waals surface area (Å²) in [6.45, 7) is 3.09.